The Kier molecular flexibility index (Phi) is 7.22. The van der Waals surface area contributed by atoms with Crippen LogP contribution in [0.25, 0.3) is 11.0 Å². The summed E-state index contributed by atoms with van der Waals surface area (Å²) in [6.07, 6.45) is 0. The number of ether oxygens (including phenoxy) is 1. The summed E-state index contributed by atoms with van der Waals surface area (Å²) in [7, 11) is -3.85. The quantitative estimate of drug-likeness (QED) is 0.488. The van der Waals surface area contributed by atoms with Gasteiger partial charge in [-0.15, -0.1) is 0 Å². The summed E-state index contributed by atoms with van der Waals surface area (Å²) in [6, 6.07) is 10.6. The third-order valence-corrected chi connectivity index (χ3v) is 7.31. The number of carbonyl (C=O) groups excluding carboxylic acids is 1. The van der Waals surface area contributed by atoms with Crippen molar-refractivity contribution in [3.63, 3.8) is 0 Å². The number of fused-ring (bicyclic) bond motifs is 1. The van der Waals surface area contributed by atoms with Crippen molar-refractivity contribution >= 4 is 44.2 Å². The minimum absolute atomic E-state index is 0.0311. The standard InChI is InChI=1S/C22H23ClN2O6S/c1-4-25(5-2)32(28,29)19-13-15(10-11-17(19)23)24-21(26)16-12-14-8-7-9-18(30-6-3)20(14)31-22(16)27/h7-13H,4-6H2,1-3H3,(H,24,26). The van der Waals surface area contributed by atoms with Gasteiger partial charge in [0.25, 0.3) is 5.91 Å². The van der Waals surface area contributed by atoms with E-state index >= 15 is 0 Å². The first-order chi connectivity index (χ1) is 15.2. The van der Waals surface area contributed by atoms with Gasteiger partial charge in [0.1, 0.15) is 10.5 Å². The lowest BCUT2D eigenvalue weighted by atomic mass is 10.1. The van der Waals surface area contributed by atoms with Gasteiger partial charge >= 0.3 is 5.63 Å². The zero-order valence-electron chi connectivity index (χ0n) is 17.8. The molecule has 3 aromatic rings. The van der Waals surface area contributed by atoms with Crippen LogP contribution in [0.15, 0.2) is 56.6 Å². The number of amides is 1. The van der Waals surface area contributed by atoms with Crippen LogP contribution in [-0.4, -0.2) is 38.3 Å². The van der Waals surface area contributed by atoms with Gasteiger partial charge in [0.15, 0.2) is 11.3 Å². The van der Waals surface area contributed by atoms with Crippen molar-refractivity contribution in [1.82, 2.24) is 4.31 Å². The number of nitrogens with zero attached hydrogens (tertiary/aromatic N) is 1. The normalized spacial score (nSPS) is 11.7. The molecule has 0 atom stereocenters. The Morgan fingerprint density at radius 2 is 1.84 bits per heavy atom. The van der Waals surface area contributed by atoms with Gasteiger partial charge in [0.05, 0.1) is 11.6 Å². The summed E-state index contributed by atoms with van der Waals surface area (Å²) in [4.78, 5) is 25.1. The summed E-state index contributed by atoms with van der Waals surface area (Å²) in [5.41, 5.74) is -0.649. The molecule has 170 valence electrons. The smallest absolute Gasteiger partial charge is 0.349 e. The maximum Gasteiger partial charge on any atom is 0.349 e. The molecule has 3 rings (SSSR count). The predicted octanol–water partition coefficient (Wildman–Crippen LogP) is 4.13. The average Bonchev–Trinajstić information content (AvgIpc) is 2.75. The number of anilines is 1. The molecule has 0 unspecified atom stereocenters. The summed E-state index contributed by atoms with van der Waals surface area (Å²) >= 11 is 6.13. The molecule has 2 aromatic carbocycles. The van der Waals surface area contributed by atoms with Crippen molar-refractivity contribution in [3.8, 4) is 5.75 Å². The topological polar surface area (TPSA) is 106 Å². The first kappa shape index (κ1) is 23.8. The fourth-order valence-electron chi connectivity index (χ4n) is 3.23. The third-order valence-electron chi connectivity index (χ3n) is 4.78. The van der Waals surface area contributed by atoms with E-state index in [4.69, 9.17) is 20.8 Å². The zero-order chi connectivity index (χ0) is 23.5. The summed E-state index contributed by atoms with van der Waals surface area (Å²) < 4.78 is 37.8. The van der Waals surface area contributed by atoms with Gasteiger partial charge in [0, 0.05) is 24.2 Å². The first-order valence-corrected chi connectivity index (χ1v) is 11.8. The van der Waals surface area contributed by atoms with E-state index in [1.807, 2.05) is 0 Å². The summed E-state index contributed by atoms with van der Waals surface area (Å²) in [6.45, 7) is 6.17. The maximum absolute atomic E-state index is 12.9. The van der Waals surface area contributed by atoms with E-state index in [9.17, 15) is 18.0 Å². The Morgan fingerprint density at radius 1 is 1.12 bits per heavy atom. The third kappa shape index (κ3) is 4.64. The lowest BCUT2D eigenvalue weighted by Crippen LogP contribution is -2.31. The summed E-state index contributed by atoms with van der Waals surface area (Å²) in [5, 5.41) is 3.09. The van der Waals surface area contributed by atoms with Gasteiger partial charge < -0.3 is 14.5 Å². The van der Waals surface area contributed by atoms with E-state index in [2.05, 4.69) is 5.32 Å². The highest BCUT2D eigenvalue weighted by Gasteiger charge is 2.25. The highest BCUT2D eigenvalue weighted by molar-refractivity contribution is 7.89. The highest BCUT2D eigenvalue weighted by Crippen LogP contribution is 2.28. The summed E-state index contributed by atoms with van der Waals surface area (Å²) in [5.74, 6) is -0.339. The van der Waals surface area contributed by atoms with Crippen LogP contribution >= 0.6 is 11.6 Å². The number of nitrogens with one attached hydrogen (secondary N) is 1. The van der Waals surface area contributed by atoms with Crippen LogP contribution in [0.3, 0.4) is 0 Å². The molecular formula is C22H23ClN2O6S. The lowest BCUT2D eigenvalue weighted by molar-refractivity contribution is 0.102. The molecule has 0 aliphatic carbocycles. The lowest BCUT2D eigenvalue weighted by Gasteiger charge is -2.19. The van der Waals surface area contributed by atoms with E-state index in [1.165, 1.54) is 28.6 Å². The van der Waals surface area contributed by atoms with E-state index in [0.717, 1.165) is 0 Å². The molecule has 0 fully saturated rings. The Morgan fingerprint density at radius 3 is 2.50 bits per heavy atom. The van der Waals surface area contributed by atoms with Crippen LogP contribution in [0.4, 0.5) is 5.69 Å². The number of sulfonamides is 1. The Balaban J connectivity index is 1.97. The van der Waals surface area contributed by atoms with E-state index in [1.54, 1.807) is 39.0 Å². The molecular weight excluding hydrogens is 456 g/mol. The highest BCUT2D eigenvalue weighted by atomic mass is 35.5. The largest absolute Gasteiger partial charge is 0.490 e. The number of halogens is 1. The van der Waals surface area contributed by atoms with E-state index in [0.29, 0.717) is 17.7 Å². The Hall–Kier alpha value is -2.88. The second kappa shape index (κ2) is 9.72. The molecule has 32 heavy (non-hydrogen) atoms. The maximum atomic E-state index is 12.9. The number of hydrogen-bond donors (Lipinski definition) is 1. The van der Waals surface area contributed by atoms with Gasteiger partial charge in [-0.2, -0.15) is 4.31 Å². The Bertz CT molecular complexity index is 1320. The molecule has 0 aliphatic heterocycles. The average molecular weight is 479 g/mol. The number of carbonyl (C=O) groups is 1. The Labute approximate surface area is 190 Å². The molecule has 0 bridgehead atoms. The van der Waals surface area contributed by atoms with Crippen molar-refractivity contribution in [2.24, 2.45) is 0 Å². The van der Waals surface area contributed by atoms with Gasteiger partial charge in [-0.25, -0.2) is 13.2 Å². The SMILES string of the molecule is CCOc1cccc2cc(C(=O)Nc3ccc(Cl)c(S(=O)(=O)N(CC)CC)c3)c(=O)oc12. The van der Waals surface area contributed by atoms with Crippen molar-refractivity contribution in [1.29, 1.82) is 0 Å². The van der Waals surface area contributed by atoms with Crippen LogP contribution in [-0.2, 0) is 10.0 Å². The van der Waals surface area contributed by atoms with E-state index in [-0.39, 0.29) is 39.8 Å². The molecule has 0 aliphatic rings. The zero-order valence-corrected chi connectivity index (χ0v) is 19.4. The fourth-order valence-corrected chi connectivity index (χ4v) is 5.18. The molecule has 10 heteroatoms. The van der Waals surface area contributed by atoms with Crippen LogP contribution < -0.4 is 15.7 Å². The second-order valence-corrected chi connectivity index (χ2v) is 9.06. The van der Waals surface area contributed by atoms with Gasteiger partial charge in [-0.05, 0) is 37.3 Å². The monoisotopic (exact) mass is 478 g/mol. The number of hydrogen-bond acceptors (Lipinski definition) is 6. The number of rotatable bonds is 8. The van der Waals surface area contributed by atoms with Crippen molar-refractivity contribution in [2.75, 3.05) is 25.0 Å². The molecule has 1 heterocycles. The number of benzene rings is 2. The van der Waals surface area contributed by atoms with Crippen LogP contribution in [0, 0.1) is 0 Å². The van der Waals surface area contributed by atoms with Crippen molar-refractivity contribution in [2.45, 2.75) is 25.7 Å². The molecule has 1 N–H and O–H groups in total. The molecule has 0 radical (unpaired) electrons. The first-order valence-electron chi connectivity index (χ1n) is 10.0. The van der Waals surface area contributed by atoms with Crippen molar-refractivity contribution in [3.05, 3.63) is 63.5 Å². The van der Waals surface area contributed by atoms with E-state index < -0.39 is 21.6 Å². The van der Waals surface area contributed by atoms with Crippen LogP contribution in [0.1, 0.15) is 31.1 Å². The fraction of sp³-hybridized carbons (Fsp3) is 0.273. The molecule has 1 amide bonds. The number of para-hydroxylation sites is 1. The molecule has 0 spiro atoms. The second-order valence-electron chi connectivity index (χ2n) is 6.74. The molecule has 0 saturated carbocycles. The van der Waals surface area contributed by atoms with Gasteiger partial charge in [-0.3, -0.25) is 4.79 Å². The van der Waals surface area contributed by atoms with Gasteiger partial charge in [-0.1, -0.05) is 37.6 Å². The van der Waals surface area contributed by atoms with Gasteiger partial charge in [0.2, 0.25) is 10.0 Å². The predicted molar refractivity (Wildman–Crippen MR) is 123 cm³/mol. The molecule has 0 saturated heterocycles. The minimum Gasteiger partial charge on any atom is -0.490 e. The molecule has 1 aromatic heterocycles. The van der Waals surface area contributed by atoms with Crippen molar-refractivity contribution < 1.29 is 22.4 Å². The van der Waals surface area contributed by atoms with Crippen LogP contribution in [0.2, 0.25) is 5.02 Å². The molecule has 8 nitrogen and oxygen atoms in total. The van der Waals surface area contributed by atoms with Crippen LogP contribution in [0.5, 0.6) is 5.75 Å². The minimum atomic E-state index is -3.85.